The maximum atomic E-state index is 5.24. The molecule has 1 aliphatic rings. The van der Waals surface area contributed by atoms with E-state index in [1.807, 2.05) is 30.3 Å². The first-order valence-corrected chi connectivity index (χ1v) is 5.38. The van der Waals surface area contributed by atoms with E-state index >= 15 is 0 Å². The Morgan fingerprint density at radius 2 is 2.12 bits per heavy atom. The zero-order chi connectivity index (χ0) is 11.1. The van der Waals surface area contributed by atoms with Gasteiger partial charge in [0.15, 0.2) is 6.29 Å². The third-order valence-electron chi connectivity index (χ3n) is 2.27. The Hall–Kier alpha value is -0.980. The van der Waals surface area contributed by atoms with E-state index in [-0.39, 0.29) is 6.29 Å². The van der Waals surface area contributed by atoms with Crippen molar-refractivity contribution in [1.82, 2.24) is 11.2 Å². The summed E-state index contributed by atoms with van der Waals surface area (Å²) < 4.78 is 5.24. The second-order valence-electron chi connectivity index (χ2n) is 3.54. The Labute approximate surface area is 94.6 Å². The molecule has 5 heteroatoms. The van der Waals surface area contributed by atoms with Gasteiger partial charge in [-0.2, -0.15) is 0 Å². The Kier molecular flexibility index (Phi) is 4.72. The lowest BCUT2D eigenvalue weighted by molar-refractivity contribution is -0.207. The first-order chi connectivity index (χ1) is 7.95. The average molecular weight is 224 g/mol. The van der Waals surface area contributed by atoms with E-state index in [9.17, 15) is 0 Å². The van der Waals surface area contributed by atoms with Gasteiger partial charge in [-0.3, -0.25) is 9.68 Å². The number of benzene rings is 1. The molecular formula is C11H16N2O3. The van der Waals surface area contributed by atoms with E-state index in [4.69, 9.17) is 14.4 Å². The molecule has 5 nitrogen and oxygen atoms in total. The molecule has 88 valence electrons. The highest BCUT2D eigenvalue weighted by Gasteiger charge is 2.15. The Balaban J connectivity index is 1.52. The van der Waals surface area contributed by atoms with Crippen LogP contribution in [0, 0.1) is 0 Å². The standard InChI is InChI=1S/C11H16N2O3/c1-2-5-10(6-3-1)9-15-12-13-16-11-7-4-8-14-11/h1-3,5-6,11-13H,4,7-9H2. The minimum Gasteiger partial charge on any atom is -0.351 e. The van der Waals surface area contributed by atoms with E-state index in [1.165, 1.54) is 0 Å². The number of nitrogens with one attached hydrogen (secondary N) is 2. The molecule has 1 fully saturated rings. The van der Waals surface area contributed by atoms with Crippen molar-refractivity contribution in [3.05, 3.63) is 35.9 Å². The molecule has 2 N–H and O–H groups in total. The lowest BCUT2D eigenvalue weighted by Crippen LogP contribution is -2.35. The molecule has 1 heterocycles. The highest BCUT2D eigenvalue weighted by atomic mass is 16.8. The van der Waals surface area contributed by atoms with Crippen molar-refractivity contribution in [2.24, 2.45) is 0 Å². The average Bonchev–Trinajstić information content (AvgIpc) is 2.83. The zero-order valence-corrected chi connectivity index (χ0v) is 9.02. The molecule has 1 unspecified atom stereocenters. The predicted octanol–water partition coefficient (Wildman–Crippen LogP) is 1.28. The molecule has 0 amide bonds. The second-order valence-corrected chi connectivity index (χ2v) is 3.54. The Morgan fingerprint density at radius 3 is 2.88 bits per heavy atom. The van der Waals surface area contributed by atoms with Gasteiger partial charge >= 0.3 is 0 Å². The quantitative estimate of drug-likeness (QED) is 0.563. The molecule has 0 bridgehead atoms. The highest BCUT2D eigenvalue weighted by molar-refractivity contribution is 5.13. The summed E-state index contributed by atoms with van der Waals surface area (Å²) in [4.78, 5) is 10.3. The summed E-state index contributed by atoms with van der Waals surface area (Å²) in [5, 5.41) is 0. The maximum absolute atomic E-state index is 5.24. The topological polar surface area (TPSA) is 51.8 Å². The van der Waals surface area contributed by atoms with Gasteiger partial charge in [0.1, 0.15) is 0 Å². The van der Waals surface area contributed by atoms with Crippen LogP contribution in [0.1, 0.15) is 18.4 Å². The van der Waals surface area contributed by atoms with Crippen molar-refractivity contribution >= 4 is 0 Å². The fraction of sp³-hybridized carbons (Fsp3) is 0.455. The van der Waals surface area contributed by atoms with Gasteiger partial charge in [0.2, 0.25) is 0 Å². The van der Waals surface area contributed by atoms with E-state index < -0.39 is 0 Å². The fourth-order valence-corrected chi connectivity index (χ4v) is 1.45. The lowest BCUT2D eigenvalue weighted by Gasteiger charge is -2.11. The SMILES string of the molecule is c1ccc(CONNOC2CCCO2)cc1. The van der Waals surface area contributed by atoms with Gasteiger partial charge in [-0.25, -0.2) is 0 Å². The predicted molar refractivity (Wildman–Crippen MR) is 57.6 cm³/mol. The Morgan fingerprint density at radius 1 is 1.25 bits per heavy atom. The number of ether oxygens (including phenoxy) is 1. The summed E-state index contributed by atoms with van der Waals surface area (Å²) in [5.41, 5.74) is 6.10. The summed E-state index contributed by atoms with van der Waals surface area (Å²) in [7, 11) is 0. The minimum atomic E-state index is -0.173. The first kappa shape index (κ1) is 11.5. The molecule has 0 spiro atoms. The van der Waals surface area contributed by atoms with Crippen molar-refractivity contribution in [2.45, 2.75) is 25.7 Å². The molecule has 1 aromatic rings. The van der Waals surface area contributed by atoms with Gasteiger partial charge < -0.3 is 4.74 Å². The van der Waals surface area contributed by atoms with Crippen molar-refractivity contribution < 1.29 is 14.4 Å². The molecule has 0 radical (unpaired) electrons. The first-order valence-electron chi connectivity index (χ1n) is 5.38. The maximum Gasteiger partial charge on any atom is 0.178 e. The summed E-state index contributed by atoms with van der Waals surface area (Å²) >= 11 is 0. The summed E-state index contributed by atoms with van der Waals surface area (Å²) in [5.74, 6) is 0. The van der Waals surface area contributed by atoms with E-state index in [2.05, 4.69) is 11.2 Å². The minimum absolute atomic E-state index is 0.173. The molecule has 1 saturated heterocycles. The van der Waals surface area contributed by atoms with Crippen LogP contribution in [0.3, 0.4) is 0 Å². The molecule has 1 atom stereocenters. The van der Waals surface area contributed by atoms with Gasteiger partial charge in [0.25, 0.3) is 0 Å². The van der Waals surface area contributed by atoms with Crippen molar-refractivity contribution in [3.8, 4) is 0 Å². The second kappa shape index (κ2) is 6.57. The smallest absolute Gasteiger partial charge is 0.178 e. The summed E-state index contributed by atoms with van der Waals surface area (Å²) in [6.07, 6.45) is 1.78. The molecule has 0 aliphatic carbocycles. The van der Waals surface area contributed by atoms with Gasteiger partial charge in [-0.15, -0.1) is 11.2 Å². The third kappa shape index (κ3) is 3.88. The van der Waals surface area contributed by atoms with Crippen LogP contribution in [0.2, 0.25) is 0 Å². The van der Waals surface area contributed by atoms with E-state index in [0.29, 0.717) is 6.61 Å². The monoisotopic (exact) mass is 224 g/mol. The molecule has 0 aromatic heterocycles. The van der Waals surface area contributed by atoms with Crippen LogP contribution in [-0.2, 0) is 21.0 Å². The molecule has 1 aromatic carbocycles. The number of hydrazine groups is 1. The molecule has 2 rings (SSSR count). The fourth-order valence-electron chi connectivity index (χ4n) is 1.45. The van der Waals surface area contributed by atoms with Crippen LogP contribution in [0.4, 0.5) is 0 Å². The number of hydrogen-bond acceptors (Lipinski definition) is 5. The van der Waals surface area contributed by atoms with Crippen LogP contribution in [0.5, 0.6) is 0 Å². The largest absolute Gasteiger partial charge is 0.351 e. The van der Waals surface area contributed by atoms with Crippen LogP contribution in [0.15, 0.2) is 30.3 Å². The van der Waals surface area contributed by atoms with Crippen LogP contribution in [-0.4, -0.2) is 12.9 Å². The van der Waals surface area contributed by atoms with Crippen LogP contribution in [0.25, 0.3) is 0 Å². The Bertz CT molecular complexity index is 289. The number of rotatable bonds is 6. The summed E-state index contributed by atoms with van der Waals surface area (Å²) in [6.45, 7) is 1.24. The van der Waals surface area contributed by atoms with Crippen molar-refractivity contribution in [1.29, 1.82) is 0 Å². The van der Waals surface area contributed by atoms with Crippen molar-refractivity contribution in [3.63, 3.8) is 0 Å². The van der Waals surface area contributed by atoms with Gasteiger partial charge in [-0.05, 0) is 12.0 Å². The molecule has 16 heavy (non-hydrogen) atoms. The van der Waals surface area contributed by atoms with E-state index in [0.717, 1.165) is 25.0 Å². The van der Waals surface area contributed by atoms with E-state index in [1.54, 1.807) is 0 Å². The lowest BCUT2D eigenvalue weighted by atomic mass is 10.2. The normalized spacial score (nSPS) is 20.1. The molecular weight excluding hydrogens is 208 g/mol. The van der Waals surface area contributed by atoms with Gasteiger partial charge in [0.05, 0.1) is 13.2 Å². The third-order valence-corrected chi connectivity index (χ3v) is 2.27. The van der Waals surface area contributed by atoms with Crippen LogP contribution < -0.4 is 11.2 Å². The van der Waals surface area contributed by atoms with Gasteiger partial charge in [0, 0.05) is 6.42 Å². The zero-order valence-electron chi connectivity index (χ0n) is 9.02. The summed E-state index contributed by atoms with van der Waals surface area (Å²) in [6, 6.07) is 9.88. The highest BCUT2D eigenvalue weighted by Crippen LogP contribution is 2.11. The molecule has 0 saturated carbocycles. The van der Waals surface area contributed by atoms with Gasteiger partial charge in [-0.1, -0.05) is 30.3 Å². The number of hydrogen-bond donors (Lipinski definition) is 2. The molecule has 1 aliphatic heterocycles. The van der Waals surface area contributed by atoms with Crippen molar-refractivity contribution in [2.75, 3.05) is 6.61 Å². The van der Waals surface area contributed by atoms with Crippen LogP contribution >= 0.6 is 0 Å².